The molecule has 0 aromatic heterocycles. The number of ether oxygens (including phenoxy) is 1. The number of rotatable bonds is 5. The Balaban J connectivity index is 1.86. The average Bonchev–Trinajstić information content (AvgIpc) is 3.00. The molecule has 3 aromatic carbocycles. The van der Waals surface area contributed by atoms with Crippen molar-refractivity contribution in [2.45, 2.75) is 13.8 Å². The van der Waals surface area contributed by atoms with E-state index in [1.807, 2.05) is 26.0 Å². The molecule has 0 bridgehead atoms. The number of nitrogens with one attached hydrogen (secondary N) is 1. The summed E-state index contributed by atoms with van der Waals surface area (Å²) in [4.78, 5) is 27.7. The van der Waals surface area contributed by atoms with Crippen molar-refractivity contribution in [1.82, 2.24) is 0 Å². The minimum absolute atomic E-state index is 0.0416. The van der Waals surface area contributed by atoms with Crippen LogP contribution in [0.2, 0.25) is 0 Å². The van der Waals surface area contributed by atoms with Gasteiger partial charge in [-0.2, -0.15) is 0 Å². The van der Waals surface area contributed by atoms with Crippen molar-refractivity contribution in [1.29, 1.82) is 0 Å². The van der Waals surface area contributed by atoms with Gasteiger partial charge < -0.3 is 10.1 Å². The highest BCUT2D eigenvalue weighted by atomic mass is 19.2. The lowest BCUT2D eigenvalue weighted by atomic mass is 9.97. The van der Waals surface area contributed by atoms with Crippen LogP contribution < -0.4 is 15.0 Å². The van der Waals surface area contributed by atoms with Crippen molar-refractivity contribution in [2.24, 2.45) is 0 Å². The van der Waals surface area contributed by atoms with E-state index in [0.717, 1.165) is 28.2 Å². The van der Waals surface area contributed by atoms with Crippen LogP contribution >= 0.6 is 0 Å². The molecule has 5 nitrogen and oxygen atoms in total. The van der Waals surface area contributed by atoms with Gasteiger partial charge in [-0.25, -0.2) is 13.7 Å². The average molecular weight is 434 g/mol. The van der Waals surface area contributed by atoms with Crippen molar-refractivity contribution in [2.75, 3.05) is 17.3 Å². The number of imide groups is 1. The van der Waals surface area contributed by atoms with Crippen molar-refractivity contribution in [3.05, 3.63) is 94.7 Å². The first-order valence-corrected chi connectivity index (χ1v) is 9.87. The second kappa shape index (κ2) is 8.26. The Morgan fingerprint density at radius 1 is 0.875 bits per heavy atom. The van der Waals surface area contributed by atoms with Crippen LogP contribution in [0.5, 0.6) is 5.75 Å². The van der Waals surface area contributed by atoms with Gasteiger partial charge >= 0.3 is 0 Å². The summed E-state index contributed by atoms with van der Waals surface area (Å²) in [5, 5.41) is 3.03. The fourth-order valence-corrected chi connectivity index (χ4v) is 3.69. The zero-order valence-corrected chi connectivity index (χ0v) is 17.7. The van der Waals surface area contributed by atoms with E-state index in [2.05, 4.69) is 5.32 Å². The van der Waals surface area contributed by atoms with Gasteiger partial charge in [-0.05, 0) is 49.2 Å². The van der Waals surface area contributed by atoms with Gasteiger partial charge in [-0.1, -0.05) is 29.8 Å². The van der Waals surface area contributed by atoms with Gasteiger partial charge in [0.2, 0.25) is 0 Å². The van der Waals surface area contributed by atoms with Gasteiger partial charge in [0.1, 0.15) is 11.4 Å². The predicted molar refractivity (Wildman–Crippen MR) is 118 cm³/mol. The molecule has 0 aliphatic carbocycles. The second-order valence-electron chi connectivity index (χ2n) is 7.47. The first-order chi connectivity index (χ1) is 15.3. The van der Waals surface area contributed by atoms with E-state index in [-0.39, 0.29) is 17.0 Å². The minimum Gasteiger partial charge on any atom is -0.497 e. The molecule has 0 saturated carbocycles. The third-order valence-corrected chi connectivity index (χ3v) is 5.24. The third-order valence-electron chi connectivity index (χ3n) is 5.24. The van der Waals surface area contributed by atoms with Crippen LogP contribution in [-0.2, 0) is 9.59 Å². The van der Waals surface area contributed by atoms with E-state index in [0.29, 0.717) is 17.0 Å². The standard InChI is InChI=1S/C25H20F2N2O3/c1-14-7-9-19(15(2)11-14)22-23(28-16-5-4-6-18(12-16)32-3)25(31)29(24(22)30)17-8-10-20(26)21(27)13-17/h4-13,28H,1-3H3. The first-order valence-electron chi connectivity index (χ1n) is 9.87. The van der Waals surface area contributed by atoms with E-state index < -0.39 is 23.4 Å². The van der Waals surface area contributed by atoms with Crippen LogP contribution in [-0.4, -0.2) is 18.9 Å². The quantitative estimate of drug-likeness (QED) is 0.575. The SMILES string of the molecule is COc1cccc(NC2=C(c3ccc(C)cc3C)C(=O)N(c3ccc(F)c(F)c3)C2=O)c1. The molecule has 4 rings (SSSR count). The topological polar surface area (TPSA) is 58.6 Å². The number of benzene rings is 3. The molecule has 1 aliphatic rings. The lowest BCUT2D eigenvalue weighted by molar-refractivity contribution is -0.120. The molecule has 0 spiro atoms. The van der Waals surface area contributed by atoms with Crippen LogP contribution in [0.3, 0.4) is 0 Å². The van der Waals surface area contributed by atoms with Crippen molar-refractivity contribution < 1.29 is 23.1 Å². The smallest absolute Gasteiger partial charge is 0.282 e. The molecular formula is C25H20F2N2O3. The van der Waals surface area contributed by atoms with E-state index in [1.54, 1.807) is 30.3 Å². The molecular weight excluding hydrogens is 414 g/mol. The summed E-state index contributed by atoms with van der Waals surface area (Å²) in [6, 6.07) is 15.3. The number of carbonyl (C=O) groups is 2. The molecule has 0 radical (unpaired) electrons. The maximum absolute atomic E-state index is 13.9. The molecule has 1 N–H and O–H groups in total. The molecule has 0 unspecified atom stereocenters. The molecule has 1 aliphatic heterocycles. The second-order valence-corrected chi connectivity index (χ2v) is 7.47. The van der Waals surface area contributed by atoms with Crippen LogP contribution in [0, 0.1) is 25.5 Å². The molecule has 0 atom stereocenters. The number of carbonyl (C=O) groups excluding carboxylic acids is 2. The van der Waals surface area contributed by atoms with Crippen molar-refractivity contribution >= 4 is 28.8 Å². The number of halogens is 2. The fourth-order valence-electron chi connectivity index (χ4n) is 3.69. The molecule has 0 fully saturated rings. The number of hydrogen-bond donors (Lipinski definition) is 1. The summed E-state index contributed by atoms with van der Waals surface area (Å²) in [7, 11) is 1.52. The summed E-state index contributed by atoms with van der Waals surface area (Å²) in [5.41, 5.74) is 3.06. The summed E-state index contributed by atoms with van der Waals surface area (Å²) < 4.78 is 32.6. The molecule has 1 heterocycles. The molecule has 32 heavy (non-hydrogen) atoms. The zero-order chi connectivity index (χ0) is 23.0. The van der Waals surface area contributed by atoms with Gasteiger partial charge in [0.05, 0.1) is 18.4 Å². The fraction of sp³-hybridized carbons (Fsp3) is 0.120. The number of hydrogen-bond acceptors (Lipinski definition) is 4. The molecule has 2 amide bonds. The number of anilines is 2. The highest BCUT2D eigenvalue weighted by Crippen LogP contribution is 2.36. The molecule has 162 valence electrons. The summed E-state index contributed by atoms with van der Waals surface area (Å²) >= 11 is 0. The van der Waals surface area contributed by atoms with Gasteiger partial charge in [-0.15, -0.1) is 0 Å². The van der Waals surface area contributed by atoms with Gasteiger partial charge in [0, 0.05) is 17.8 Å². The monoisotopic (exact) mass is 434 g/mol. The number of aryl methyl sites for hydroxylation is 2. The Morgan fingerprint density at radius 3 is 2.34 bits per heavy atom. The third kappa shape index (κ3) is 3.73. The Kier molecular flexibility index (Phi) is 5.48. The Hall–Kier alpha value is -4.00. The Morgan fingerprint density at radius 2 is 1.66 bits per heavy atom. The Bertz CT molecular complexity index is 1280. The first kappa shape index (κ1) is 21.2. The van der Waals surface area contributed by atoms with Gasteiger partial charge in [0.15, 0.2) is 11.6 Å². The van der Waals surface area contributed by atoms with Crippen LogP contribution in [0.25, 0.3) is 5.57 Å². The largest absolute Gasteiger partial charge is 0.497 e. The van der Waals surface area contributed by atoms with E-state index in [4.69, 9.17) is 4.74 Å². The molecule has 0 saturated heterocycles. The van der Waals surface area contributed by atoms with Crippen molar-refractivity contribution in [3.63, 3.8) is 0 Å². The minimum atomic E-state index is -1.15. The molecule has 7 heteroatoms. The summed E-state index contributed by atoms with van der Waals surface area (Å²) in [6.07, 6.45) is 0. The lowest BCUT2D eigenvalue weighted by Gasteiger charge is -2.16. The van der Waals surface area contributed by atoms with Crippen LogP contribution in [0.4, 0.5) is 20.2 Å². The Labute approximate surface area is 183 Å². The highest BCUT2D eigenvalue weighted by molar-refractivity contribution is 6.46. The van der Waals surface area contributed by atoms with Crippen LogP contribution in [0.1, 0.15) is 16.7 Å². The zero-order valence-electron chi connectivity index (χ0n) is 17.7. The predicted octanol–water partition coefficient (Wildman–Crippen LogP) is 4.99. The highest BCUT2D eigenvalue weighted by Gasteiger charge is 2.41. The lowest BCUT2D eigenvalue weighted by Crippen LogP contribution is -2.32. The number of methoxy groups -OCH3 is 1. The van der Waals surface area contributed by atoms with Crippen molar-refractivity contribution in [3.8, 4) is 5.75 Å². The van der Waals surface area contributed by atoms with Gasteiger partial charge in [-0.3, -0.25) is 9.59 Å². The molecule has 3 aromatic rings. The van der Waals surface area contributed by atoms with Gasteiger partial charge in [0.25, 0.3) is 11.8 Å². The number of amides is 2. The summed E-state index contributed by atoms with van der Waals surface area (Å²) in [5.74, 6) is -2.94. The summed E-state index contributed by atoms with van der Waals surface area (Å²) in [6.45, 7) is 3.77. The van der Waals surface area contributed by atoms with Crippen LogP contribution in [0.15, 0.2) is 66.4 Å². The maximum atomic E-state index is 13.9. The van der Waals surface area contributed by atoms with E-state index in [9.17, 15) is 18.4 Å². The van der Waals surface area contributed by atoms with E-state index >= 15 is 0 Å². The normalized spacial score (nSPS) is 13.7. The maximum Gasteiger partial charge on any atom is 0.282 e. The van der Waals surface area contributed by atoms with E-state index in [1.165, 1.54) is 13.2 Å². The number of nitrogens with zero attached hydrogens (tertiary/aromatic N) is 1.